The molecule has 0 radical (unpaired) electrons. The number of hydrogen-bond acceptors (Lipinski definition) is 7. The Hall–Kier alpha value is -4.13. The van der Waals surface area contributed by atoms with Crippen molar-refractivity contribution in [2.75, 3.05) is 18.0 Å². The predicted molar refractivity (Wildman–Crippen MR) is 158 cm³/mol. The van der Waals surface area contributed by atoms with Crippen LogP contribution >= 0.6 is 0 Å². The molecule has 1 amide bonds. The number of benzene rings is 2. The van der Waals surface area contributed by atoms with Gasteiger partial charge in [0.15, 0.2) is 0 Å². The first-order valence-electron chi connectivity index (χ1n) is 14.7. The highest BCUT2D eigenvalue weighted by Gasteiger charge is 2.54. The van der Waals surface area contributed by atoms with Crippen LogP contribution in [-0.4, -0.2) is 59.0 Å². The molecule has 3 aromatic rings. The molecule has 1 spiro atoms. The molecule has 6 rings (SSSR count). The molecule has 3 aliphatic rings. The van der Waals surface area contributed by atoms with Crippen LogP contribution in [0.2, 0.25) is 0 Å². The Bertz CT molecular complexity index is 1540. The number of carbonyl (C=O) groups excluding carboxylic acids is 1. The van der Waals surface area contributed by atoms with Crippen molar-refractivity contribution in [3.8, 4) is 23.3 Å². The number of halogens is 1. The van der Waals surface area contributed by atoms with E-state index >= 15 is 0 Å². The topological polar surface area (TPSA) is 91.6 Å². The van der Waals surface area contributed by atoms with Crippen LogP contribution in [0.5, 0.6) is 17.4 Å². The molecule has 3 heterocycles. The number of amides is 1. The second-order valence-corrected chi connectivity index (χ2v) is 12.5. The van der Waals surface area contributed by atoms with Crippen LogP contribution < -0.4 is 14.4 Å². The minimum absolute atomic E-state index is 0.0384. The summed E-state index contributed by atoms with van der Waals surface area (Å²) in [4.78, 5) is 17.4. The lowest BCUT2D eigenvalue weighted by Crippen LogP contribution is -2.65. The average Bonchev–Trinajstić information content (AvgIpc) is 3.35. The average molecular weight is 567 g/mol. The Morgan fingerprint density at radius 2 is 1.88 bits per heavy atom. The summed E-state index contributed by atoms with van der Waals surface area (Å²) in [5.41, 5.74) is 3.53. The van der Waals surface area contributed by atoms with E-state index in [9.17, 15) is 14.4 Å². The number of aromatic nitrogens is 2. The summed E-state index contributed by atoms with van der Waals surface area (Å²) in [7, 11) is 0. The Morgan fingerprint density at radius 1 is 1.12 bits per heavy atom. The van der Waals surface area contributed by atoms with Crippen LogP contribution in [0.25, 0.3) is 0 Å². The molecular weight excluding hydrogens is 532 g/mol. The summed E-state index contributed by atoms with van der Waals surface area (Å²) < 4.78 is 26.9. The van der Waals surface area contributed by atoms with E-state index in [-0.39, 0.29) is 53.4 Å². The molecule has 8 nitrogen and oxygen atoms in total. The maximum atomic E-state index is 14.3. The van der Waals surface area contributed by atoms with E-state index in [0.717, 1.165) is 50.0 Å². The van der Waals surface area contributed by atoms with Crippen molar-refractivity contribution in [3.63, 3.8) is 0 Å². The second kappa shape index (κ2) is 10.9. The van der Waals surface area contributed by atoms with E-state index in [1.165, 1.54) is 29.3 Å². The first-order valence-corrected chi connectivity index (χ1v) is 14.7. The summed E-state index contributed by atoms with van der Waals surface area (Å²) in [5, 5.41) is 17.6. The van der Waals surface area contributed by atoms with Gasteiger partial charge in [-0.2, -0.15) is 5.10 Å². The fourth-order valence-corrected chi connectivity index (χ4v) is 6.87. The number of hydrogen-bond donors (Lipinski definition) is 0. The Balaban J connectivity index is 1.13. The van der Waals surface area contributed by atoms with Gasteiger partial charge < -0.3 is 19.3 Å². The molecule has 42 heavy (non-hydrogen) atoms. The molecular formula is C32H35BFN5O3. The van der Waals surface area contributed by atoms with Crippen molar-refractivity contribution in [2.24, 2.45) is 5.41 Å². The molecule has 1 aliphatic carbocycles. The minimum Gasteiger partial charge on any atom is -0.490 e. The maximum absolute atomic E-state index is 14.3. The fraction of sp³-hybridized carbons (Fsp3) is 0.438. The van der Waals surface area contributed by atoms with Gasteiger partial charge in [-0.05, 0) is 94.6 Å². The maximum Gasteiger partial charge on any atom is 0.276 e. The first kappa shape index (κ1) is 28.0. The smallest absolute Gasteiger partial charge is 0.276 e. The largest absolute Gasteiger partial charge is 0.490 e. The highest BCUT2D eigenvalue weighted by atomic mass is 19.1. The van der Waals surface area contributed by atoms with Crippen molar-refractivity contribution in [1.29, 1.82) is 5.26 Å². The zero-order chi connectivity index (χ0) is 29.6. The number of rotatable bonds is 8. The van der Waals surface area contributed by atoms with Crippen molar-refractivity contribution < 1.29 is 18.7 Å². The molecule has 216 valence electrons. The van der Waals surface area contributed by atoms with E-state index < -0.39 is 5.82 Å². The van der Waals surface area contributed by atoms with Gasteiger partial charge in [-0.1, -0.05) is 12.1 Å². The number of ether oxygens (including phenoxy) is 2. The van der Waals surface area contributed by atoms with Crippen molar-refractivity contribution >= 4 is 18.3 Å². The van der Waals surface area contributed by atoms with Gasteiger partial charge in [-0.3, -0.25) is 4.79 Å². The zero-order valence-corrected chi connectivity index (χ0v) is 24.5. The van der Waals surface area contributed by atoms with Gasteiger partial charge in [0, 0.05) is 36.6 Å². The van der Waals surface area contributed by atoms with Crippen molar-refractivity contribution in [2.45, 2.75) is 71.4 Å². The normalized spacial score (nSPS) is 17.1. The van der Waals surface area contributed by atoms with Crippen LogP contribution in [0, 0.1) is 22.5 Å². The van der Waals surface area contributed by atoms with Crippen LogP contribution in [0.3, 0.4) is 0 Å². The van der Waals surface area contributed by atoms with Crippen LogP contribution in [0.1, 0.15) is 62.0 Å². The second-order valence-electron chi connectivity index (χ2n) is 12.5. The fourth-order valence-electron chi connectivity index (χ4n) is 6.87. The molecule has 1 saturated carbocycles. The molecule has 1 aromatic heterocycles. The summed E-state index contributed by atoms with van der Waals surface area (Å²) >= 11 is 0. The SMILES string of the molecule is CC(C)N(C(=O)c1cc(F)ccc1Oc1nnccc1N1CC2(CC(Oc3cccc4c3CB(C#N)C4)C2)C1)C(C)C. The van der Waals surface area contributed by atoms with Gasteiger partial charge in [-0.25, -0.2) is 9.65 Å². The first-order chi connectivity index (χ1) is 20.2. The number of nitrogens with zero attached hydrogens (tertiary/aromatic N) is 5. The summed E-state index contributed by atoms with van der Waals surface area (Å²) in [6.07, 6.45) is 5.27. The molecule has 0 N–H and O–H groups in total. The highest BCUT2D eigenvalue weighted by Crippen LogP contribution is 2.52. The molecule has 0 atom stereocenters. The molecule has 0 unspecified atom stereocenters. The van der Waals surface area contributed by atoms with E-state index in [0.29, 0.717) is 0 Å². The standard InChI is InChI=1S/C32H35BFN5O3/c1-20(2)39(21(3)4)31(40)25-12-23(34)8-9-29(25)42-30-27(10-11-36-37-30)38-17-32(18-38)13-24(14-32)41-28-7-5-6-22-15-33(19-35)16-26(22)28/h5-12,20-21,24H,13-18H2,1-4H3. The monoisotopic (exact) mass is 567 g/mol. The minimum atomic E-state index is -0.505. The van der Waals surface area contributed by atoms with Gasteiger partial charge in [0.1, 0.15) is 29.1 Å². The molecule has 2 aromatic carbocycles. The van der Waals surface area contributed by atoms with Crippen molar-refractivity contribution in [1.82, 2.24) is 15.1 Å². The van der Waals surface area contributed by atoms with E-state index in [2.05, 4.69) is 27.1 Å². The van der Waals surface area contributed by atoms with Crippen LogP contribution in [0.4, 0.5) is 10.1 Å². The predicted octanol–water partition coefficient (Wildman–Crippen LogP) is 5.45. The van der Waals surface area contributed by atoms with E-state index in [1.807, 2.05) is 45.9 Å². The third-order valence-electron chi connectivity index (χ3n) is 8.73. The molecule has 1 saturated heterocycles. The van der Waals surface area contributed by atoms with Gasteiger partial charge >= 0.3 is 0 Å². The van der Waals surface area contributed by atoms with Crippen LogP contribution in [0.15, 0.2) is 48.7 Å². The summed E-state index contributed by atoms with van der Waals surface area (Å²) in [5.74, 6) is 3.05. The van der Waals surface area contributed by atoms with Gasteiger partial charge in [0.25, 0.3) is 18.5 Å². The lowest BCUT2D eigenvalue weighted by atomic mass is 9.49. The molecule has 10 heteroatoms. The molecule has 0 bridgehead atoms. The van der Waals surface area contributed by atoms with E-state index in [1.54, 1.807) is 11.1 Å². The Kier molecular flexibility index (Phi) is 7.30. The number of nitriles is 1. The lowest BCUT2D eigenvalue weighted by Gasteiger charge is -2.59. The zero-order valence-electron chi connectivity index (χ0n) is 24.5. The Morgan fingerprint density at radius 3 is 2.60 bits per heavy atom. The number of carbonyl (C=O) groups is 1. The van der Waals surface area contributed by atoms with Crippen molar-refractivity contribution in [3.05, 3.63) is 71.2 Å². The van der Waals surface area contributed by atoms with Gasteiger partial charge in [-0.15, -0.1) is 5.10 Å². The number of anilines is 1. The number of fused-ring (bicyclic) bond motifs is 1. The van der Waals surface area contributed by atoms with E-state index in [4.69, 9.17) is 9.47 Å². The third kappa shape index (κ3) is 5.17. The van der Waals surface area contributed by atoms with Crippen LogP contribution in [-0.2, 0) is 12.6 Å². The molecule has 2 fully saturated rings. The summed E-state index contributed by atoms with van der Waals surface area (Å²) in [6, 6.07) is 11.9. The van der Waals surface area contributed by atoms with Gasteiger partial charge in [0.2, 0.25) is 0 Å². The molecule has 2 aliphatic heterocycles. The summed E-state index contributed by atoms with van der Waals surface area (Å²) in [6.45, 7) is 9.45. The highest BCUT2D eigenvalue weighted by molar-refractivity contribution is 6.67. The Labute approximate surface area is 246 Å². The lowest BCUT2D eigenvalue weighted by molar-refractivity contribution is -0.0344. The quantitative estimate of drug-likeness (QED) is 0.335. The third-order valence-corrected chi connectivity index (χ3v) is 8.73. The van der Waals surface area contributed by atoms with Gasteiger partial charge in [0.05, 0.1) is 11.8 Å².